The number of hydrogen-bond acceptors (Lipinski definition) is 1. The third-order valence-corrected chi connectivity index (χ3v) is 3.03. The first kappa shape index (κ1) is 10.4. The summed E-state index contributed by atoms with van der Waals surface area (Å²) in [6.45, 7) is 1.01. The minimum absolute atomic E-state index is 1.01. The van der Waals surface area contributed by atoms with Crippen LogP contribution >= 0.6 is 15.9 Å². The SMILES string of the molecule is Brc1cncn1CCCc1ccccc1. The molecule has 0 aliphatic heterocycles. The quantitative estimate of drug-likeness (QED) is 0.829. The summed E-state index contributed by atoms with van der Waals surface area (Å²) in [5, 5.41) is 0. The van der Waals surface area contributed by atoms with Gasteiger partial charge in [-0.2, -0.15) is 0 Å². The molecule has 3 heteroatoms. The Morgan fingerprint density at radius 3 is 2.67 bits per heavy atom. The highest BCUT2D eigenvalue weighted by Gasteiger charge is 1.97. The molecule has 15 heavy (non-hydrogen) atoms. The molecule has 1 aromatic heterocycles. The number of halogens is 1. The van der Waals surface area contributed by atoms with Crippen molar-refractivity contribution >= 4 is 15.9 Å². The summed E-state index contributed by atoms with van der Waals surface area (Å²) < 4.78 is 3.17. The van der Waals surface area contributed by atoms with E-state index < -0.39 is 0 Å². The summed E-state index contributed by atoms with van der Waals surface area (Å²) in [5.74, 6) is 0. The molecule has 2 aromatic rings. The monoisotopic (exact) mass is 264 g/mol. The van der Waals surface area contributed by atoms with Gasteiger partial charge in [0.05, 0.1) is 12.5 Å². The van der Waals surface area contributed by atoms with Gasteiger partial charge in [-0.05, 0) is 34.3 Å². The van der Waals surface area contributed by atoms with Gasteiger partial charge < -0.3 is 4.57 Å². The molecular formula is C12H13BrN2. The lowest BCUT2D eigenvalue weighted by atomic mass is 10.1. The maximum atomic E-state index is 4.06. The lowest BCUT2D eigenvalue weighted by molar-refractivity contribution is 0.632. The first-order chi connectivity index (χ1) is 7.36. The molecule has 0 radical (unpaired) electrons. The highest BCUT2D eigenvalue weighted by Crippen LogP contribution is 2.10. The molecule has 0 aliphatic carbocycles. The molecule has 0 amide bonds. The molecule has 2 nitrogen and oxygen atoms in total. The molecular weight excluding hydrogens is 252 g/mol. The standard InChI is InChI=1S/C12H13BrN2/c13-12-9-14-10-15(12)8-4-7-11-5-2-1-3-6-11/h1-3,5-6,9-10H,4,7-8H2. The number of nitrogens with zero attached hydrogens (tertiary/aromatic N) is 2. The van der Waals surface area contributed by atoms with E-state index >= 15 is 0 Å². The predicted octanol–water partition coefficient (Wildman–Crippen LogP) is 3.28. The number of benzene rings is 1. The van der Waals surface area contributed by atoms with Crippen LogP contribution in [0.3, 0.4) is 0 Å². The average Bonchev–Trinajstić information content (AvgIpc) is 2.66. The summed E-state index contributed by atoms with van der Waals surface area (Å²) in [6, 6.07) is 10.6. The van der Waals surface area contributed by atoms with E-state index in [0.717, 1.165) is 24.0 Å². The van der Waals surface area contributed by atoms with E-state index in [4.69, 9.17) is 0 Å². The smallest absolute Gasteiger partial charge is 0.104 e. The van der Waals surface area contributed by atoms with Gasteiger partial charge in [0.2, 0.25) is 0 Å². The van der Waals surface area contributed by atoms with E-state index in [1.807, 2.05) is 12.5 Å². The molecule has 0 aliphatic rings. The third-order valence-electron chi connectivity index (χ3n) is 2.37. The fourth-order valence-corrected chi connectivity index (χ4v) is 1.95. The summed E-state index contributed by atoms with van der Waals surface area (Å²) in [7, 11) is 0. The van der Waals surface area contributed by atoms with Crippen molar-refractivity contribution in [3.63, 3.8) is 0 Å². The maximum absolute atomic E-state index is 4.06. The topological polar surface area (TPSA) is 17.8 Å². The molecule has 0 saturated carbocycles. The number of aromatic nitrogens is 2. The first-order valence-electron chi connectivity index (χ1n) is 5.06. The predicted molar refractivity (Wildman–Crippen MR) is 64.7 cm³/mol. The average molecular weight is 265 g/mol. The molecule has 0 fully saturated rings. The van der Waals surface area contributed by atoms with Crippen molar-refractivity contribution in [2.24, 2.45) is 0 Å². The van der Waals surface area contributed by atoms with E-state index in [0.29, 0.717) is 0 Å². The Kier molecular flexibility index (Phi) is 3.56. The molecule has 0 bridgehead atoms. The Balaban J connectivity index is 1.83. The lowest BCUT2D eigenvalue weighted by Crippen LogP contribution is -1.98. The molecule has 0 atom stereocenters. The van der Waals surface area contributed by atoms with Crippen molar-refractivity contribution < 1.29 is 0 Å². The normalized spacial score (nSPS) is 10.5. The Morgan fingerprint density at radius 2 is 2.00 bits per heavy atom. The van der Waals surface area contributed by atoms with Gasteiger partial charge in [0.1, 0.15) is 4.60 Å². The summed E-state index contributed by atoms with van der Waals surface area (Å²) in [6.07, 6.45) is 5.93. The van der Waals surface area contributed by atoms with Crippen LogP contribution < -0.4 is 0 Å². The Bertz CT molecular complexity index is 409. The number of imidazole rings is 1. The van der Waals surface area contributed by atoms with Gasteiger partial charge in [-0.3, -0.25) is 0 Å². The van der Waals surface area contributed by atoms with E-state index in [1.54, 1.807) is 0 Å². The lowest BCUT2D eigenvalue weighted by Gasteiger charge is -2.03. The second kappa shape index (κ2) is 5.12. The van der Waals surface area contributed by atoms with Gasteiger partial charge >= 0.3 is 0 Å². The van der Waals surface area contributed by atoms with Gasteiger partial charge in [-0.1, -0.05) is 30.3 Å². The van der Waals surface area contributed by atoms with E-state index in [9.17, 15) is 0 Å². The van der Waals surface area contributed by atoms with Crippen LogP contribution in [-0.2, 0) is 13.0 Å². The Hall–Kier alpha value is -1.09. The second-order valence-electron chi connectivity index (χ2n) is 3.50. The zero-order chi connectivity index (χ0) is 10.5. The Morgan fingerprint density at radius 1 is 1.20 bits per heavy atom. The highest BCUT2D eigenvalue weighted by molar-refractivity contribution is 9.10. The van der Waals surface area contributed by atoms with Crippen LogP contribution in [0.15, 0.2) is 47.5 Å². The van der Waals surface area contributed by atoms with Crippen LogP contribution in [0.2, 0.25) is 0 Å². The number of rotatable bonds is 4. The largest absolute Gasteiger partial charge is 0.325 e. The summed E-state index contributed by atoms with van der Waals surface area (Å²) >= 11 is 3.45. The molecule has 0 N–H and O–H groups in total. The summed E-state index contributed by atoms with van der Waals surface area (Å²) in [5.41, 5.74) is 1.40. The second-order valence-corrected chi connectivity index (χ2v) is 4.31. The minimum Gasteiger partial charge on any atom is -0.325 e. The number of hydrogen-bond donors (Lipinski definition) is 0. The molecule has 0 saturated heterocycles. The number of aryl methyl sites for hydroxylation is 2. The fraction of sp³-hybridized carbons (Fsp3) is 0.250. The van der Waals surface area contributed by atoms with E-state index in [1.165, 1.54) is 5.56 Å². The third kappa shape index (κ3) is 2.93. The van der Waals surface area contributed by atoms with Crippen LogP contribution in [0.25, 0.3) is 0 Å². The van der Waals surface area contributed by atoms with Crippen LogP contribution in [0.4, 0.5) is 0 Å². The van der Waals surface area contributed by atoms with Crippen LogP contribution in [-0.4, -0.2) is 9.55 Å². The van der Waals surface area contributed by atoms with Crippen molar-refractivity contribution in [2.45, 2.75) is 19.4 Å². The van der Waals surface area contributed by atoms with Gasteiger partial charge in [-0.25, -0.2) is 4.98 Å². The van der Waals surface area contributed by atoms with Crippen LogP contribution in [0.1, 0.15) is 12.0 Å². The maximum Gasteiger partial charge on any atom is 0.104 e. The van der Waals surface area contributed by atoms with Gasteiger partial charge in [0, 0.05) is 6.54 Å². The molecule has 2 rings (SSSR count). The van der Waals surface area contributed by atoms with Crippen molar-refractivity contribution in [3.8, 4) is 0 Å². The van der Waals surface area contributed by atoms with Crippen molar-refractivity contribution in [1.82, 2.24) is 9.55 Å². The molecule has 78 valence electrons. The zero-order valence-electron chi connectivity index (χ0n) is 8.44. The van der Waals surface area contributed by atoms with Crippen LogP contribution in [0, 0.1) is 0 Å². The Labute approximate surface area is 98.1 Å². The van der Waals surface area contributed by atoms with Crippen molar-refractivity contribution in [2.75, 3.05) is 0 Å². The molecule has 0 spiro atoms. The first-order valence-corrected chi connectivity index (χ1v) is 5.85. The van der Waals surface area contributed by atoms with Crippen LogP contribution in [0.5, 0.6) is 0 Å². The molecule has 1 aromatic carbocycles. The van der Waals surface area contributed by atoms with Crippen molar-refractivity contribution in [1.29, 1.82) is 0 Å². The fourth-order valence-electron chi connectivity index (χ4n) is 1.57. The van der Waals surface area contributed by atoms with Crippen molar-refractivity contribution in [3.05, 3.63) is 53.0 Å². The molecule has 1 heterocycles. The van der Waals surface area contributed by atoms with Gasteiger partial charge in [-0.15, -0.1) is 0 Å². The van der Waals surface area contributed by atoms with E-state index in [2.05, 4.69) is 55.8 Å². The van der Waals surface area contributed by atoms with E-state index in [-0.39, 0.29) is 0 Å². The summed E-state index contributed by atoms with van der Waals surface area (Å²) in [4.78, 5) is 4.06. The van der Waals surface area contributed by atoms with Gasteiger partial charge in [0.25, 0.3) is 0 Å². The zero-order valence-corrected chi connectivity index (χ0v) is 10.0. The highest BCUT2D eigenvalue weighted by atomic mass is 79.9. The van der Waals surface area contributed by atoms with Gasteiger partial charge in [0.15, 0.2) is 0 Å². The minimum atomic E-state index is 1.01. The molecule has 0 unspecified atom stereocenters.